The lowest BCUT2D eigenvalue weighted by atomic mass is 9.93. The molecule has 3 atom stereocenters. The van der Waals surface area contributed by atoms with Crippen LogP contribution in [0.5, 0.6) is 0 Å². The Morgan fingerprint density at radius 2 is 1.78 bits per heavy atom. The number of hydrogen-bond acceptors (Lipinski definition) is 2. The van der Waals surface area contributed by atoms with Crippen molar-refractivity contribution < 1.29 is 13.3 Å². The van der Waals surface area contributed by atoms with E-state index < -0.39 is 10.0 Å². The lowest BCUT2D eigenvalue weighted by Gasteiger charge is -2.33. The summed E-state index contributed by atoms with van der Waals surface area (Å²) in [6.07, 6.45) is 7.50. The first-order valence-electron chi connectivity index (χ1n) is 8.70. The zero-order valence-corrected chi connectivity index (χ0v) is 14.2. The highest BCUT2D eigenvalue weighted by Crippen LogP contribution is 2.42. The van der Waals surface area contributed by atoms with Crippen molar-refractivity contribution in [2.75, 3.05) is 32.7 Å². The third-order valence-corrected chi connectivity index (χ3v) is 7.69. The highest BCUT2D eigenvalue weighted by Gasteiger charge is 2.39. The fourth-order valence-corrected chi connectivity index (χ4v) is 5.95. The van der Waals surface area contributed by atoms with Crippen molar-refractivity contribution >= 4 is 10.0 Å². The summed E-state index contributed by atoms with van der Waals surface area (Å²) in [4.78, 5) is 2.00. The van der Waals surface area contributed by atoms with E-state index in [0.717, 1.165) is 30.8 Å². The summed E-state index contributed by atoms with van der Waals surface area (Å²) in [6.45, 7) is 4.37. The van der Waals surface area contributed by atoms with Gasteiger partial charge in [0, 0.05) is 5.92 Å². The Hall–Kier alpha value is -1.17. The van der Waals surface area contributed by atoms with Gasteiger partial charge in [0.1, 0.15) is 0 Å². The van der Waals surface area contributed by atoms with E-state index in [1.54, 1.807) is 33.5 Å². The summed E-state index contributed by atoms with van der Waals surface area (Å²) >= 11 is 0. The normalized spacial score (nSPS) is 31.7. The van der Waals surface area contributed by atoms with Crippen LogP contribution in [0.15, 0.2) is 47.4 Å². The largest absolute Gasteiger partial charge is 0.332 e. The second-order valence-electron chi connectivity index (χ2n) is 7.21. The number of quaternary nitrogens is 1. The molecule has 0 aromatic heterocycles. The van der Waals surface area contributed by atoms with E-state index in [9.17, 15) is 8.42 Å². The topological polar surface area (TPSA) is 41.8 Å². The monoisotopic (exact) mass is 333 g/mol. The predicted molar refractivity (Wildman–Crippen MR) is 89.6 cm³/mol. The molecule has 1 heterocycles. The number of nitrogens with zero attached hydrogens (tertiary/aromatic N) is 1. The van der Waals surface area contributed by atoms with Gasteiger partial charge in [-0.3, -0.25) is 0 Å². The summed E-state index contributed by atoms with van der Waals surface area (Å²) in [7, 11) is -3.31. The minimum Gasteiger partial charge on any atom is -0.332 e. The maximum Gasteiger partial charge on any atom is 0.243 e. The Morgan fingerprint density at radius 3 is 2.39 bits per heavy atom. The molecule has 2 aliphatic carbocycles. The molecule has 5 heteroatoms. The molecular weight excluding hydrogens is 308 g/mol. The number of sulfonamides is 1. The second kappa shape index (κ2) is 6.04. The summed E-state index contributed by atoms with van der Waals surface area (Å²) in [5, 5.41) is 0. The van der Waals surface area contributed by atoms with Crippen molar-refractivity contribution in [3.05, 3.63) is 42.5 Å². The Morgan fingerprint density at radius 1 is 1.04 bits per heavy atom. The number of piperazine rings is 1. The molecule has 1 saturated carbocycles. The van der Waals surface area contributed by atoms with Crippen molar-refractivity contribution in [1.82, 2.24) is 4.31 Å². The van der Waals surface area contributed by atoms with Crippen molar-refractivity contribution in [2.45, 2.75) is 17.7 Å². The van der Waals surface area contributed by atoms with Crippen LogP contribution >= 0.6 is 0 Å². The molecule has 1 aromatic rings. The molecule has 2 bridgehead atoms. The molecule has 1 aliphatic heterocycles. The Labute approximate surface area is 138 Å². The van der Waals surface area contributed by atoms with Crippen LogP contribution in [0, 0.1) is 17.8 Å². The molecule has 2 fully saturated rings. The third-order valence-electron chi connectivity index (χ3n) is 5.78. The first-order chi connectivity index (χ1) is 11.1. The molecule has 1 saturated heterocycles. The van der Waals surface area contributed by atoms with E-state index in [2.05, 4.69) is 12.2 Å². The van der Waals surface area contributed by atoms with Crippen molar-refractivity contribution in [3.8, 4) is 0 Å². The average Bonchev–Trinajstić information content (AvgIpc) is 3.19. The number of rotatable bonds is 4. The third kappa shape index (κ3) is 2.97. The van der Waals surface area contributed by atoms with Crippen molar-refractivity contribution in [1.29, 1.82) is 0 Å². The molecule has 4 nitrogen and oxygen atoms in total. The molecule has 0 spiro atoms. The van der Waals surface area contributed by atoms with Crippen LogP contribution in [0.3, 0.4) is 0 Å². The zero-order chi connectivity index (χ0) is 15.9. The molecule has 0 amide bonds. The second-order valence-corrected chi connectivity index (χ2v) is 9.15. The number of hydrogen-bond donors (Lipinski definition) is 1. The van der Waals surface area contributed by atoms with E-state index >= 15 is 0 Å². The summed E-state index contributed by atoms with van der Waals surface area (Å²) in [5.41, 5.74) is 0. The van der Waals surface area contributed by atoms with Crippen LogP contribution < -0.4 is 4.90 Å². The molecule has 23 heavy (non-hydrogen) atoms. The van der Waals surface area contributed by atoms with Crippen molar-refractivity contribution in [2.24, 2.45) is 17.8 Å². The van der Waals surface area contributed by atoms with Gasteiger partial charge in [-0.1, -0.05) is 30.4 Å². The predicted octanol–water partition coefficient (Wildman–Crippen LogP) is 0.788. The van der Waals surface area contributed by atoms with E-state index in [4.69, 9.17) is 0 Å². The van der Waals surface area contributed by atoms with Crippen LogP contribution in [-0.2, 0) is 10.0 Å². The van der Waals surface area contributed by atoms with Gasteiger partial charge in [-0.15, -0.1) is 0 Å². The van der Waals surface area contributed by atoms with Gasteiger partial charge in [0.25, 0.3) is 0 Å². The number of fused-ring (bicyclic) bond motifs is 2. The summed E-state index contributed by atoms with van der Waals surface area (Å²) < 4.78 is 27.0. The first-order valence-corrected chi connectivity index (χ1v) is 10.1. The summed E-state index contributed by atoms with van der Waals surface area (Å²) in [6, 6.07) is 8.81. The van der Waals surface area contributed by atoms with Crippen molar-refractivity contribution in [3.63, 3.8) is 0 Å². The van der Waals surface area contributed by atoms with Gasteiger partial charge in [0.2, 0.25) is 10.0 Å². The maximum atomic E-state index is 12.7. The molecule has 0 unspecified atom stereocenters. The highest BCUT2D eigenvalue weighted by molar-refractivity contribution is 7.89. The van der Waals surface area contributed by atoms with Crippen LogP contribution in [0.25, 0.3) is 0 Å². The van der Waals surface area contributed by atoms with Gasteiger partial charge in [-0.05, 0) is 36.8 Å². The molecular formula is C18H25N2O2S+. The maximum absolute atomic E-state index is 12.7. The molecule has 1 N–H and O–H groups in total. The Balaban J connectivity index is 1.35. The Kier molecular flexibility index (Phi) is 4.03. The minimum absolute atomic E-state index is 0.418. The number of benzene rings is 1. The van der Waals surface area contributed by atoms with Gasteiger partial charge in [0.05, 0.1) is 37.6 Å². The lowest BCUT2D eigenvalue weighted by molar-refractivity contribution is -0.907. The molecule has 1 aromatic carbocycles. The lowest BCUT2D eigenvalue weighted by Crippen LogP contribution is -3.15. The molecule has 4 rings (SSSR count). The first kappa shape index (κ1) is 15.4. The summed E-state index contributed by atoms with van der Waals surface area (Å²) in [5.74, 6) is 2.43. The van der Waals surface area contributed by atoms with Crippen LogP contribution in [0.1, 0.15) is 12.8 Å². The molecule has 124 valence electrons. The standard InChI is InChI=1S/C18H24N2O2S/c21-23(22,18-4-2-1-3-5-18)20-10-8-19(9-11-20)14-17-13-15-6-7-16(17)12-15/h1-7,15-17H,8-14H2/p+1/t15-,16+,17+/m1/s1. The van der Waals surface area contributed by atoms with E-state index in [1.807, 2.05) is 6.07 Å². The Bertz CT molecular complexity index is 678. The highest BCUT2D eigenvalue weighted by atomic mass is 32.2. The van der Waals surface area contributed by atoms with Gasteiger partial charge < -0.3 is 4.90 Å². The van der Waals surface area contributed by atoms with E-state index in [-0.39, 0.29) is 0 Å². The van der Waals surface area contributed by atoms with Gasteiger partial charge >= 0.3 is 0 Å². The van der Waals surface area contributed by atoms with Crippen LogP contribution in [0.4, 0.5) is 0 Å². The molecule has 3 aliphatic rings. The van der Waals surface area contributed by atoms with Crippen LogP contribution in [-0.4, -0.2) is 45.4 Å². The van der Waals surface area contributed by atoms with E-state index in [1.165, 1.54) is 19.4 Å². The fourth-order valence-electron chi connectivity index (χ4n) is 4.49. The number of allylic oxidation sites excluding steroid dienone is 2. The van der Waals surface area contributed by atoms with Gasteiger partial charge in [0.15, 0.2) is 0 Å². The SMILES string of the molecule is O=S(=O)(c1ccccc1)N1CC[NH+](C[C@@H]2C[C@@H]3C=C[C@H]2C3)CC1. The fraction of sp³-hybridized carbons (Fsp3) is 0.556. The van der Waals surface area contributed by atoms with Crippen LogP contribution in [0.2, 0.25) is 0 Å². The van der Waals surface area contributed by atoms with Gasteiger partial charge in [-0.2, -0.15) is 4.31 Å². The zero-order valence-electron chi connectivity index (χ0n) is 13.4. The average molecular weight is 333 g/mol. The smallest absolute Gasteiger partial charge is 0.243 e. The number of nitrogens with one attached hydrogen (secondary N) is 1. The molecule has 0 radical (unpaired) electrons. The van der Waals surface area contributed by atoms with Gasteiger partial charge in [-0.25, -0.2) is 8.42 Å². The van der Waals surface area contributed by atoms with E-state index in [0.29, 0.717) is 18.0 Å². The minimum atomic E-state index is -3.31. The quantitative estimate of drug-likeness (QED) is 0.828.